The zero-order valence-corrected chi connectivity index (χ0v) is 11.3. The lowest BCUT2D eigenvalue weighted by atomic mass is 10.2. The summed E-state index contributed by atoms with van der Waals surface area (Å²) in [6, 6.07) is 2.87. The van der Waals surface area contributed by atoms with Gasteiger partial charge >= 0.3 is 6.09 Å². The Labute approximate surface area is 109 Å². The molecule has 1 amide bonds. The van der Waals surface area contributed by atoms with Crippen LogP contribution in [0.3, 0.4) is 0 Å². The highest BCUT2D eigenvalue weighted by molar-refractivity contribution is 7.10. The van der Waals surface area contributed by atoms with Gasteiger partial charge in [-0.2, -0.15) is 0 Å². The Bertz CT molecular complexity index is 411. The van der Waals surface area contributed by atoms with Crippen LogP contribution in [-0.4, -0.2) is 23.2 Å². The number of ether oxygens (including phenoxy) is 1. The summed E-state index contributed by atoms with van der Waals surface area (Å²) in [5.41, 5.74) is -0.626. The summed E-state index contributed by atoms with van der Waals surface area (Å²) in [6.07, 6.45) is -0.650. The van der Waals surface area contributed by atoms with Crippen LogP contribution < -0.4 is 5.32 Å². The Morgan fingerprint density at radius 3 is 2.72 bits per heavy atom. The van der Waals surface area contributed by atoms with E-state index in [2.05, 4.69) is 5.32 Å². The molecule has 0 aliphatic heterocycles. The van der Waals surface area contributed by atoms with Crippen LogP contribution in [0.25, 0.3) is 0 Å². The molecule has 0 fully saturated rings. The van der Waals surface area contributed by atoms with Gasteiger partial charge in [0.2, 0.25) is 6.54 Å². The van der Waals surface area contributed by atoms with Crippen LogP contribution in [0.4, 0.5) is 4.79 Å². The number of thiophene rings is 1. The number of hydrogen-bond acceptors (Lipinski definition) is 5. The highest BCUT2D eigenvalue weighted by atomic mass is 32.1. The van der Waals surface area contributed by atoms with E-state index < -0.39 is 22.7 Å². The SMILES string of the molecule is CC(C)(C)OC(=O)N[C@H](C[N+](=O)[O-])c1cccs1. The number of nitrogens with one attached hydrogen (secondary N) is 1. The normalized spacial score (nSPS) is 12.8. The van der Waals surface area contributed by atoms with E-state index in [0.717, 1.165) is 4.88 Å². The Balaban J connectivity index is 2.68. The molecule has 1 heterocycles. The first-order valence-electron chi connectivity index (χ1n) is 5.42. The number of carbonyl (C=O) groups is 1. The highest BCUT2D eigenvalue weighted by Crippen LogP contribution is 2.20. The fourth-order valence-electron chi connectivity index (χ4n) is 1.30. The fraction of sp³-hybridized carbons (Fsp3) is 0.545. The number of nitrogens with zero attached hydrogens (tertiary/aromatic N) is 1. The van der Waals surface area contributed by atoms with Crippen LogP contribution in [0, 0.1) is 10.1 Å². The first kappa shape index (κ1) is 14.4. The second kappa shape index (κ2) is 5.81. The van der Waals surface area contributed by atoms with Crippen LogP contribution in [0.5, 0.6) is 0 Å². The first-order valence-corrected chi connectivity index (χ1v) is 6.30. The van der Waals surface area contributed by atoms with Crippen molar-refractivity contribution in [3.05, 3.63) is 32.5 Å². The fourth-order valence-corrected chi connectivity index (χ4v) is 2.06. The van der Waals surface area contributed by atoms with E-state index in [1.165, 1.54) is 11.3 Å². The predicted octanol–water partition coefficient (Wildman–Crippen LogP) is 2.59. The van der Waals surface area contributed by atoms with Crippen molar-refractivity contribution in [3.8, 4) is 0 Å². The molecule has 0 unspecified atom stereocenters. The molecule has 7 heteroatoms. The molecular formula is C11H16N2O4S. The standard InChI is InChI=1S/C11H16N2O4S/c1-11(2,3)17-10(14)12-8(7-13(15)16)9-5-4-6-18-9/h4-6,8H,7H2,1-3H3,(H,12,14)/t8-/m1/s1. The average molecular weight is 272 g/mol. The third kappa shape index (κ3) is 5.13. The molecule has 6 nitrogen and oxygen atoms in total. The Kier molecular flexibility index (Phi) is 4.66. The maximum absolute atomic E-state index is 11.6. The molecular weight excluding hydrogens is 256 g/mol. The van der Waals surface area contributed by atoms with E-state index in [0.29, 0.717) is 0 Å². The summed E-state index contributed by atoms with van der Waals surface area (Å²) in [7, 11) is 0. The molecule has 1 rings (SSSR count). The monoisotopic (exact) mass is 272 g/mol. The zero-order chi connectivity index (χ0) is 13.8. The summed E-state index contributed by atoms with van der Waals surface area (Å²) in [6.45, 7) is 4.85. The number of carbonyl (C=O) groups excluding carboxylic acids is 1. The molecule has 0 aromatic carbocycles. The van der Waals surface area contributed by atoms with Crippen molar-refractivity contribution in [1.29, 1.82) is 0 Å². The molecule has 0 saturated carbocycles. The number of alkyl carbamates (subject to hydrolysis) is 1. The third-order valence-corrected chi connectivity index (χ3v) is 2.90. The summed E-state index contributed by atoms with van der Waals surface area (Å²) >= 11 is 1.36. The van der Waals surface area contributed by atoms with E-state index in [1.807, 2.05) is 0 Å². The molecule has 0 saturated heterocycles. The van der Waals surface area contributed by atoms with Crippen LogP contribution in [0.2, 0.25) is 0 Å². The molecule has 1 atom stereocenters. The van der Waals surface area contributed by atoms with Crippen molar-refractivity contribution in [3.63, 3.8) is 0 Å². The van der Waals surface area contributed by atoms with Gasteiger partial charge in [-0.3, -0.25) is 10.1 Å². The van der Waals surface area contributed by atoms with Crippen molar-refractivity contribution in [2.45, 2.75) is 32.4 Å². The molecule has 0 aliphatic carbocycles. The van der Waals surface area contributed by atoms with Gasteiger partial charge in [-0.05, 0) is 32.2 Å². The molecule has 0 aliphatic rings. The quantitative estimate of drug-likeness (QED) is 0.674. The van der Waals surface area contributed by atoms with Gasteiger partial charge < -0.3 is 10.1 Å². The molecule has 18 heavy (non-hydrogen) atoms. The smallest absolute Gasteiger partial charge is 0.408 e. The lowest BCUT2D eigenvalue weighted by Gasteiger charge is -2.21. The topological polar surface area (TPSA) is 81.5 Å². The van der Waals surface area contributed by atoms with E-state index in [-0.39, 0.29) is 6.54 Å². The highest BCUT2D eigenvalue weighted by Gasteiger charge is 2.24. The molecule has 1 aromatic heterocycles. The van der Waals surface area contributed by atoms with Crippen LogP contribution in [0.1, 0.15) is 31.7 Å². The number of amides is 1. The maximum atomic E-state index is 11.6. The minimum absolute atomic E-state index is 0.361. The van der Waals surface area contributed by atoms with E-state index in [9.17, 15) is 14.9 Å². The first-order chi connectivity index (χ1) is 8.28. The van der Waals surface area contributed by atoms with E-state index in [1.54, 1.807) is 38.3 Å². The maximum Gasteiger partial charge on any atom is 0.408 e. The minimum Gasteiger partial charge on any atom is -0.444 e. The van der Waals surface area contributed by atoms with Crippen molar-refractivity contribution < 1.29 is 14.5 Å². The molecule has 100 valence electrons. The molecule has 0 spiro atoms. The second-order valence-corrected chi connectivity index (χ2v) is 5.71. The van der Waals surface area contributed by atoms with Crippen LogP contribution >= 0.6 is 11.3 Å². The van der Waals surface area contributed by atoms with Crippen molar-refractivity contribution in [1.82, 2.24) is 5.32 Å². The number of hydrogen-bond donors (Lipinski definition) is 1. The van der Waals surface area contributed by atoms with E-state index >= 15 is 0 Å². The summed E-state index contributed by atoms with van der Waals surface area (Å²) < 4.78 is 5.08. The summed E-state index contributed by atoms with van der Waals surface area (Å²) in [5.74, 6) is 0. The lowest BCUT2D eigenvalue weighted by molar-refractivity contribution is -0.484. The van der Waals surface area contributed by atoms with Gasteiger partial charge in [-0.1, -0.05) is 6.07 Å². The Hall–Kier alpha value is -1.63. The number of nitro groups is 1. The van der Waals surface area contributed by atoms with Gasteiger partial charge in [-0.25, -0.2) is 4.79 Å². The predicted molar refractivity (Wildman–Crippen MR) is 68.3 cm³/mol. The molecule has 0 bridgehead atoms. The van der Waals surface area contributed by atoms with Gasteiger partial charge in [0, 0.05) is 9.80 Å². The third-order valence-electron chi connectivity index (χ3n) is 1.91. The van der Waals surface area contributed by atoms with Crippen LogP contribution in [0.15, 0.2) is 17.5 Å². The van der Waals surface area contributed by atoms with Crippen LogP contribution in [-0.2, 0) is 4.74 Å². The van der Waals surface area contributed by atoms with Crippen molar-refractivity contribution in [2.75, 3.05) is 6.54 Å². The molecule has 1 aromatic rings. The Morgan fingerprint density at radius 2 is 2.28 bits per heavy atom. The van der Waals surface area contributed by atoms with Crippen molar-refractivity contribution >= 4 is 17.4 Å². The summed E-state index contributed by atoms with van der Waals surface area (Å²) in [5, 5.41) is 14.9. The largest absolute Gasteiger partial charge is 0.444 e. The second-order valence-electron chi connectivity index (χ2n) is 4.73. The number of rotatable bonds is 4. The molecule has 0 radical (unpaired) electrons. The Morgan fingerprint density at radius 1 is 1.61 bits per heavy atom. The van der Waals surface area contributed by atoms with E-state index in [4.69, 9.17) is 4.74 Å². The lowest BCUT2D eigenvalue weighted by Crippen LogP contribution is -2.37. The zero-order valence-electron chi connectivity index (χ0n) is 10.5. The van der Waals surface area contributed by atoms with Crippen molar-refractivity contribution in [2.24, 2.45) is 0 Å². The van der Waals surface area contributed by atoms with Gasteiger partial charge in [0.05, 0.1) is 0 Å². The van der Waals surface area contributed by atoms with Gasteiger partial charge in [0.1, 0.15) is 11.6 Å². The van der Waals surface area contributed by atoms with Gasteiger partial charge in [0.15, 0.2) is 0 Å². The van der Waals surface area contributed by atoms with Gasteiger partial charge in [-0.15, -0.1) is 11.3 Å². The summed E-state index contributed by atoms with van der Waals surface area (Å²) in [4.78, 5) is 22.5. The minimum atomic E-state index is -0.658. The average Bonchev–Trinajstić information content (AvgIpc) is 2.64. The van der Waals surface area contributed by atoms with Gasteiger partial charge in [0.25, 0.3) is 0 Å². The molecule has 1 N–H and O–H groups in total.